The van der Waals surface area contributed by atoms with Crippen LogP contribution in [-0.4, -0.2) is 25.2 Å². The smallest absolute Gasteiger partial charge is 0.275 e. The molecule has 6 heteroatoms. The first-order valence-corrected chi connectivity index (χ1v) is 4.30. The Hall–Kier alpha value is -1.82. The first-order valence-electron chi connectivity index (χ1n) is 4.30. The largest absolute Gasteiger partial charge is 0.491 e. The summed E-state index contributed by atoms with van der Waals surface area (Å²) >= 11 is 0. The lowest BCUT2D eigenvalue weighted by Gasteiger charge is -2.05. The van der Waals surface area contributed by atoms with E-state index in [0.717, 1.165) is 0 Å². The zero-order chi connectivity index (χ0) is 11.3. The van der Waals surface area contributed by atoms with E-state index in [4.69, 9.17) is 15.2 Å². The number of anilines is 1. The van der Waals surface area contributed by atoms with Crippen LogP contribution in [0.1, 0.15) is 0 Å². The summed E-state index contributed by atoms with van der Waals surface area (Å²) in [6.45, 7) is 0.750. The molecule has 2 N–H and O–H groups in total. The van der Waals surface area contributed by atoms with Crippen LogP contribution in [0.2, 0.25) is 0 Å². The zero-order valence-corrected chi connectivity index (χ0v) is 8.30. The van der Waals surface area contributed by atoms with Crippen LogP contribution < -0.4 is 10.5 Å². The Balaban J connectivity index is 2.75. The molecule has 0 radical (unpaired) electrons. The number of benzene rings is 1. The molecule has 0 heterocycles. The van der Waals surface area contributed by atoms with E-state index in [1.165, 1.54) is 18.2 Å². The molecule has 0 fully saturated rings. The summed E-state index contributed by atoms with van der Waals surface area (Å²) in [7, 11) is 1.55. The molecule has 0 aliphatic rings. The molecule has 0 saturated heterocycles. The Labute approximate surface area is 86.7 Å². The molecule has 0 spiro atoms. The second-order valence-electron chi connectivity index (χ2n) is 2.86. The third-order valence-electron chi connectivity index (χ3n) is 1.68. The molecular weight excluding hydrogens is 200 g/mol. The van der Waals surface area contributed by atoms with Crippen LogP contribution in [0.15, 0.2) is 18.2 Å². The van der Waals surface area contributed by atoms with Gasteiger partial charge in [-0.25, -0.2) is 0 Å². The van der Waals surface area contributed by atoms with Gasteiger partial charge in [0, 0.05) is 24.9 Å². The van der Waals surface area contributed by atoms with E-state index in [9.17, 15) is 10.1 Å². The summed E-state index contributed by atoms with van der Waals surface area (Å²) in [5.74, 6) is 0.374. The van der Waals surface area contributed by atoms with Crippen LogP contribution in [0, 0.1) is 10.1 Å². The van der Waals surface area contributed by atoms with Crippen LogP contribution in [0.4, 0.5) is 11.4 Å². The SMILES string of the molecule is COCCOc1cc(N)cc([N+](=O)[O-])c1. The number of ether oxygens (including phenoxy) is 2. The monoisotopic (exact) mass is 212 g/mol. The Morgan fingerprint density at radius 3 is 2.73 bits per heavy atom. The van der Waals surface area contributed by atoms with Crippen molar-refractivity contribution in [3.63, 3.8) is 0 Å². The van der Waals surface area contributed by atoms with Gasteiger partial charge in [-0.3, -0.25) is 10.1 Å². The van der Waals surface area contributed by atoms with Crippen molar-refractivity contribution >= 4 is 11.4 Å². The van der Waals surface area contributed by atoms with Crippen LogP contribution in [0.25, 0.3) is 0 Å². The highest BCUT2D eigenvalue weighted by atomic mass is 16.6. The second-order valence-corrected chi connectivity index (χ2v) is 2.86. The number of non-ortho nitro benzene ring substituents is 1. The summed E-state index contributed by atoms with van der Waals surface area (Å²) in [6.07, 6.45) is 0. The number of nitro benzene ring substituents is 1. The fourth-order valence-electron chi connectivity index (χ4n) is 1.04. The maximum absolute atomic E-state index is 10.5. The van der Waals surface area contributed by atoms with Gasteiger partial charge in [-0.1, -0.05) is 0 Å². The molecule has 1 aromatic carbocycles. The van der Waals surface area contributed by atoms with Gasteiger partial charge in [-0.15, -0.1) is 0 Å². The van der Waals surface area contributed by atoms with Crippen molar-refractivity contribution in [2.24, 2.45) is 0 Å². The van der Waals surface area contributed by atoms with Crippen LogP contribution in [0.3, 0.4) is 0 Å². The van der Waals surface area contributed by atoms with Crippen molar-refractivity contribution in [1.82, 2.24) is 0 Å². The average Bonchev–Trinajstić information content (AvgIpc) is 2.17. The highest BCUT2D eigenvalue weighted by Crippen LogP contribution is 2.23. The van der Waals surface area contributed by atoms with Crippen LogP contribution in [-0.2, 0) is 4.74 Å². The minimum Gasteiger partial charge on any atom is -0.491 e. The van der Waals surface area contributed by atoms with Gasteiger partial charge < -0.3 is 15.2 Å². The third-order valence-corrected chi connectivity index (χ3v) is 1.68. The molecule has 0 bridgehead atoms. The first-order chi connectivity index (χ1) is 7.13. The van der Waals surface area contributed by atoms with Crippen molar-refractivity contribution in [2.75, 3.05) is 26.1 Å². The normalized spacial score (nSPS) is 9.93. The molecular formula is C9H12N2O4. The van der Waals surface area contributed by atoms with Crippen molar-refractivity contribution in [3.05, 3.63) is 28.3 Å². The minimum atomic E-state index is -0.514. The van der Waals surface area contributed by atoms with E-state index < -0.39 is 4.92 Å². The predicted octanol–water partition coefficient (Wildman–Crippen LogP) is 1.20. The molecule has 0 aliphatic heterocycles. The number of nitrogens with two attached hydrogens (primary N) is 1. The molecule has 1 aromatic rings. The van der Waals surface area contributed by atoms with Crippen molar-refractivity contribution in [3.8, 4) is 5.75 Å². The fraction of sp³-hybridized carbons (Fsp3) is 0.333. The highest BCUT2D eigenvalue weighted by molar-refractivity contribution is 5.53. The van der Waals surface area contributed by atoms with E-state index >= 15 is 0 Å². The molecule has 0 unspecified atom stereocenters. The minimum absolute atomic E-state index is 0.0811. The van der Waals surface area contributed by atoms with E-state index in [-0.39, 0.29) is 5.69 Å². The van der Waals surface area contributed by atoms with Gasteiger partial charge in [0.15, 0.2) is 0 Å². The van der Waals surface area contributed by atoms with Crippen LogP contribution >= 0.6 is 0 Å². The summed E-state index contributed by atoms with van der Waals surface area (Å²) in [5, 5.41) is 10.5. The summed E-state index contributed by atoms with van der Waals surface area (Å²) < 4.78 is 9.99. The Kier molecular flexibility index (Phi) is 3.87. The highest BCUT2D eigenvalue weighted by Gasteiger charge is 2.08. The van der Waals surface area contributed by atoms with Gasteiger partial charge in [-0.2, -0.15) is 0 Å². The van der Waals surface area contributed by atoms with Crippen molar-refractivity contribution in [2.45, 2.75) is 0 Å². The number of hydrogen-bond acceptors (Lipinski definition) is 5. The number of nitro groups is 1. The molecule has 6 nitrogen and oxygen atoms in total. The number of hydrogen-bond donors (Lipinski definition) is 1. The van der Waals surface area contributed by atoms with Crippen LogP contribution in [0.5, 0.6) is 5.75 Å². The standard InChI is InChI=1S/C9H12N2O4/c1-14-2-3-15-9-5-7(10)4-8(6-9)11(12)13/h4-6H,2-3,10H2,1H3. The van der Waals surface area contributed by atoms with E-state index in [1.54, 1.807) is 7.11 Å². The van der Waals surface area contributed by atoms with Gasteiger partial charge in [0.25, 0.3) is 5.69 Å². The lowest BCUT2D eigenvalue weighted by atomic mass is 10.2. The lowest BCUT2D eigenvalue weighted by molar-refractivity contribution is -0.384. The van der Waals surface area contributed by atoms with Gasteiger partial charge in [0.2, 0.25) is 0 Å². The number of rotatable bonds is 5. The quantitative estimate of drug-likeness (QED) is 0.343. The molecule has 0 aliphatic carbocycles. The maximum Gasteiger partial charge on any atom is 0.275 e. The summed E-state index contributed by atoms with van der Waals surface area (Å²) in [4.78, 5) is 9.99. The molecule has 0 saturated carbocycles. The summed E-state index contributed by atoms with van der Waals surface area (Å²) in [6, 6.07) is 4.14. The van der Waals surface area contributed by atoms with Crippen molar-refractivity contribution in [1.29, 1.82) is 0 Å². The van der Waals surface area contributed by atoms with Gasteiger partial charge >= 0.3 is 0 Å². The molecule has 82 valence electrons. The van der Waals surface area contributed by atoms with Gasteiger partial charge in [0.1, 0.15) is 12.4 Å². The topological polar surface area (TPSA) is 87.6 Å². The molecule has 0 aromatic heterocycles. The molecule has 0 atom stereocenters. The molecule has 0 amide bonds. The van der Waals surface area contributed by atoms with Gasteiger partial charge in [0.05, 0.1) is 17.6 Å². The Morgan fingerprint density at radius 1 is 1.40 bits per heavy atom. The summed E-state index contributed by atoms with van der Waals surface area (Å²) in [5.41, 5.74) is 5.71. The second kappa shape index (κ2) is 5.16. The third kappa shape index (κ3) is 3.43. The molecule has 15 heavy (non-hydrogen) atoms. The fourth-order valence-corrected chi connectivity index (χ4v) is 1.04. The Morgan fingerprint density at radius 2 is 2.13 bits per heavy atom. The Bertz CT molecular complexity index is 354. The average molecular weight is 212 g/mol. The maximum atomic E-state index is 10.5. The number of nitrogen functional groups attached to an aromatic ring is 1. The number of nitrogens with zero attached hydrogens (tertiary/aromatic N) is 1. The first kappa shape index (κ1) is 11.3. The predicted molar refractivity (Wildman–Crippen MR) is 54.9 cm³/mol. The van der Waals surface area contributed by atoms with Gasteiger partial charge in [-0.05, 0) is 0 Å². The van der Waals surface area contributed by atoms with E-state index in [0.29, 0.717) is 24.7 Å². The van der Waals surface area contributed by atoms with E-state index in [1.807, 2.05) is 0 Å². The van der Waals surface area contributed by atoms with Crippen molar-refractivity contribution < 1.29 is 14.4 Å². The number of methoxy groups -OCH3 is 1. The lowest BCUT2D eigenvalue weighted by Crippen LogP contribution is -2.04. The zero-order valence-electron chi connectivity index (χ0n) is 8.30. The van der Waals surface area contributed by atoms with E-state index in [2.05, 4.69) is 0 Å². The molecule has 1 rings (SSSR count).